The highest BCUT2D eigenvalue weighted by Gasteiger charge is 2.39. The van der Waals surface area contributed by atoms with Gasteiger partial charge in [0.15, 0.2) is 0 Å². The molecule has 1 aliphatic heterocycles. The molecule has 0 bridgehead atoms. The van der Waals surface area contributed by atoms with E-state index in [1.165, 1.54) is 7.11 Å². The second kappa shape index (κ2) is 5.03. The number of hydrogen-bond donors (Lipinski definition) is 1. The number of nitrogens with zero attached hydrogens (tertiary/aromatic N) is 1. The summed E-state index contributed by atoms with van der Waals surface area (Å²) in [5, 5.41) is 13.7. The normalized spacial score (nSPS) is 23.3. The number of ether oxygens (including phenoxy) is 1. The molecule has 1 fully saturated rings. The molecule has 1 saturated heterocycles. The fourth-order valence-electron chi connectivity index (χ4n) is 2.22. The molecule has 0 aromatic heterocycles. The van der Waals surface area contributed by atoms with Gasteiger partial charge in [0, 0.05) is 23.3 Å². The van der Waals surface area contributed by atoms with Crippen molar-refractivity contribution in [3.8, 4) is 5.75 Å². The molecule has 1 aliphatic rings. The first kappa shape index (κ1) is 12.3. The van der Waals surface area contributed by atoms with Crippen molar-refractivity contribution in [2.75, 3.05) is 7.11 Å². The van der Waals surface area contributed by atoms with Gasteiger partial charge in [0.2, 0.25) is 11.9 Å². The minimum absolute atomic E-state index is 0.163. The first-order chi connectivity index (χ1) is 8.63. The quantitative estimate of drug-likeness (QED) is 0.647. The van der Waals surface area contributed by atoms with Crippen molar-refractivity contribution in [3.05, 3.63) is 39.9 Å². The molecule has 96 valence electrons. The second-order valence-corrected chi connectivity index (χ2v) is 4.18. The van der Waals surface area contributed by atoms with Crippen LogP contribution in [-0.2, 0) is 4.79 Å². The van der Waals surface area contributed by atoms with Crippen LogP contribution in [0.4, 0.5) is 0 Å². The zero-order chi connectivity index (χ0) is 13.1. The number of amides is 1. The molecule has 6 heteroatoms. The van der Waals surface area contributed by atoms with Crippen LogP contribution < -0.4 is 10.1 Å². The summed E-state index contributed by atoms with van der Waals surface area (Å²) in [5.41, 5.74) is 0.648. The zero-order valence-electron chi connectivity index (χ0n) is 9.96. The molecular formula is C12H14N2O4. The number of rotatable bonds is 3. The van der Waals surface area contributed by atoms with Crippen LogP contribution in [0.3, 0.4) is 0 Å². The van der Waals surface area contributed by atoms with E-state index in [0.717, 1.165) is 0 Å². The van der Waals surface area contributed by atoms with Crippen LogP contribution in [0.1, 0.15) is 24.4 Å². The smallest absolute Gasteiger partial charge is 0.237 e. The highest BCUT2D eigenvalue weighted by atomic mass is 16.6. The lowest BCUT2D eigenvalue weighted by Crippen LogP contribution is -2.45. The van der Waals surface area contributed by atoms with Gasteiger partial charge in [-0.25, -0.2) is 0 Å². The molecule has 0 saturated carbocycles. The standard InChI is InChI=1S/C12H14N2O4/c1-18-10-5-3-2-4-8(10)12-9(14(16)17)6-7-11(15)13-12/h2-5,9,12H,6-7H2,1H3,(H,13,15). The SMILES string of the molecule is COc1ccccc1C1NC(=O)CCC1[N+](=O)[O-]. The molecule has 2 rings (SSSR count). The first-order valence-corrected chi connectivity index (χ1v) is 5.69. The van der Waals surface area contributed by atoms with E-state index < -0.39 is 12.1 Å². The van der Waals surface area contributed by atoms with E-state index in [-0.39, 0.29) is 23.7 Å². The van der Waals surface area contributed by atoms with Crippen LogP contribution in [-0.4, -0.2) is 24.0 Å². The maximum atomic E-state index is 11.4. The molecule has 1 amide bonds. The monoisotopic (exact) mass is 250 g/mol. The maximum absolute atomic E-state index is 11.4. The van der Waals surface area contributed by atoms with E-state index in [4.69, 9.17) is 4.74 Å². The summed E-state index contributed by atoms with van der Waals surface area (Å²) in [6.07, 6.45) is 0.443. The molecule has 18 heavy (non-hydrogen) atoms. The Morgan fingerprint density at radius 3 is 2.83 bits per heavy atom. The minimum Gasteiger partial charge on any atom is -0.496 e. The molecule has 1 heterocycles. The van der Waals surface area contributed by atoms with Crippen molar-refractivity contribution in [2.24, 2.45) is 0 Å². The second-order valence-electron chi connectivity index (χ2n) is 4.18. The Kier molecular flexibility index (Phi) is 3.45. The van der Waals surface area contributed by atoms with Crippen molar-refractivity contribution >= 4 is 5.91 Å². The largest absolute Gasteiger partial charge is 0.496 e. The number of carbonyl (C=O) groups is 1. The average molecular weight is 250 g/mol. The van der Waals surface area contributed by atoms with Crippen molar-refractivity contribution in [3.63, 3.8) is 0 Å². The number of piperidine rings is 1. The summed E-state index contributed by atoms with van der Waals surface area (Å²) in [6.45, 7) is 0. The number of nitrogens with one attached hydrogen (secondary N) is 1. The summed E-state index contributed by atoms with van der Waals surface area (Å²) in [4.78, 5) is 22.2. The molecular weight excluding hydrogens is 236 g/mol. The van der Waals surface area contributed by atoms with Gasteiger partial charge in [0.05, 0.1) is 7.11 Å². The lowest BCUT2D eigenvalue weighted by molar-refractivity contribution is -0.529. The van der Waals surface area contributed by atoms with E-state index >= 15 is 0 Å². The van der Waals surface area contributed by atoms with Crippen LogP contribution in [0.5, 0.6) is 5.75 Å². The maximum Gasteiger partial charge on any atom is 0.237 e. The Bertz CT molecular complexity index is 475. The van der Waals surface area contributed by atoms with Crippen molar-refractivity contribution < 1.29 is 14.5 Å². The van der Waals surface area contributed by atoms with Gasteiger partial charge in [-0.05, 0) is 6.07 Å². The summed E-state index contributed by atoms with van der Waals surface area (Å²) >= 11 is 0. The summed E-state index contributed by atoms with van der Waals surface area (Å²) < 4.78 is 5.19. The van der Waals surface area contributed by atoms with Crippen LogP contribution in [0, 0.1) is 10.1 Å². The Balaban J connectivity index is 2.37. The molecule has 1 aromatic rings. The number of benzene rings is 1. The van der Waals surface area contributed by atoms with E-state index in [1.54, 1.807) is 24.3 Å². The van der Waals surface area contributed by atoms with Crippen LogP contribution in [0.2, 0.25) is 0 Å². The fourth-order valence-corrected chi connectivity index (χ4v) is 2.22. The van der Waals surface area contributed by atoms with Gasteiger partial charge in [-0.3, -0.25) is 14.9 Å². The van der Waals surface area contributed by atoms with Crippen LogP contribution in [0.15, 0.2) is 24.3 Å². The third kappa shape index (κ3) is 2.27. The van der Waals surface area contributed by atoms with Crippen molar-refractivity contribution in [1.29, 1.82) is 0 Å². The van der Waals surface area contributed by atoms with Gasteiger partial charge in [-0.2, -0.15) is 0 Å². The number of methoxy groups -OCH3 is 1. The third-order valence-electron chi connectivity index (χ3n) is 3.11. The topological polar surface area (TPSA) is 81.5 Å². The van der Waals surface area contributed by atoms with Gasteiger partial charge >= 0.3 is 0 Å². The number of para-hydroxylation sites is 1. The lowest BCUT2D eigenvalue weighted by Gasteiger charge is -2.27. The minimum atomic E-state index is -0.806. The third-order valence-corrected chi connectivity index (χ3v) is 3.11. The van der Waals surface area contributed by atoms with E-state index in [1.807, 2.05) is 0 Å². The number of hydrogen-bond acceptors (Lipinski definition) is 4. The summed E-state index contributed by atoms with van der Waals surface area (Å²) in [6, 6.07) is 5.60. The summed E-state index contributed by atoms with van der Waals surface area (Å²) in [5.74, 6) is 0.389. The molecule has 1 aromatic carbocycles. The van der Waals surface area contributed by atoms with Gasteiger partial charge in [-0.15, -0.1) is 0 Å². The van der Waals surface area contributed by atoms with Gasteiger partial charge in [0.1, 0.15) is 11.8 Å². The van der Waals surface area contributed by atoms with Crippen molar-refractivity contribution in [1.82, 2.24) is 5.32 Å². The van der Waals surface area contributed by atoms with Crippen molar-refractivity contribution in [2.45, 2.75) is 24.9 Å². The number of nitro groups is 1. The molecule has 0 radical (unpaired) electrons. The predicted molar refractivity (Wildman–Crippen MR) is 63.9 cm³/mol. The highest BCUT2D eigenvalue weighted by molar-refractivity contribution is 5.77. The van der Waals surface area contributed by atoms with E-state index in [2.05, 4.69) is 5.32 Å². The zero-order valence-corrected chi connectivity index (χ0v) is 9.96. The van der Waals surface area contributed by atoms with Gasteiger partial charge in [-0.1, -0.05) is 18.2 Å². The fraction of sp³-hybridized carbons (Fsp3) is 0.417. The van der Waals surface area contributed by atoms with Crippen LogP contribution in [0.25, 0.3) is 0 Å². The van der Waals surface area contributed by atoms with Gasteiger partial charge < -0.3 is 10.1 Å². The predicted octanol–water partition coefficient (Wildman–Crippen LogP) is 1.29. The molecule has 1 N–H and O–H groups in total. The van der Waals surface area contributed by atoms with E-state index in [0.29, 0.717) is 11.3 Å². The average Bonchev–Trinajstić information content (AvgIpc) is 2.38. The summed E-state index contributed by atoms with van der Waals surface area (Å²) in [7, 11) is 1.50. The highest BCUT2D eigenvalue weighted by Crippen LogP contribution is 2.32. The molecule has 0 aliphatic carbocycles. The Hall–Kier alpha value is -2.11. The van der Waals surface area contributed by atoms with Gasteiger partial charge in [0.25, 0.3) is 0 Å². The molecule has 2 atom stereocenters. The molecule has 2 unspecified atom stereocenters. The first-order valence-electron chi connectivity index (χ1n) is 5.69. The van der Waals surface area contributed by atoms with E-state index in [9.17, 15) is 14.9 Å². The Morgan fingerprint density at radius 2 is 2.17 bits per heavy atom. The number of carbonyl (C=O) groups excluding carboxylic acids is 1. The lowest BCUT2D eigenvalue weighted by atomic mass is 9.92. The Morgan fingerprint density at radius 1 is 1.44 bits per heavy atom. The van der Waals surface area contributed by atoms with Crippen LogP contribution >= 0.6 is 0 Å². The molecule has 0 spiro atoms. The Labute approximate surface area is 104 Å². The molecule has 6 nitrogen and oxygen atoms in total.